The van der Waals surface area contributed by atoms with Gasteiger partial charge in [-0.3, -0.25) is 4.79 Å². The maximum Gasteiger partial charge on any atom is 0.194 e. The van der Waals surface area contributed by atoms with Crippen LogP contribution in [0, 0.1) is 0 Å². The van der Waals surface area contributed by atoms with Crippen molar-refractivity contribution in [3.05, 3.63) is 58.7 Å². The summed E-state index contributed by atoms with van der Waals surface area (Å²) in [6.45, 7) is 4.23. The van der Waals surface area contributed by atoms with E-state index < -0.39 is 0 Å². The molecule has 1 nitrogen and oxygen atoms in total. The van der Waals surface area contributed by atoms with Crippen LogP contribution in [0.25, 0.3) is 11.1 Å². The first-order valence-electron chi connectivity index (χ1n) is 6.55. The summed E-state index contributed by atoms with van der Waals surface area (Å²) in [5.41, 5.74) is 6.39. The maximum atomic E-state index is 12.4. The first-order chi connectivity index (χ1) is 8.74. The minimum atomic E-state index is 0.186. The van der Waals surface area contributed by atoms with Crippen molar-refractivity contribution in [1.29, 1.82) is 0 Å². The molecule has 0 amide bonds. The predicted molar refractivity (Wildman–Crippen MR) is 74.1 cm³/mol. The second kappa shape index (κ2) is 4.09. The van der Waals surface area contributed by atoms with Crippen molar-refractivity contribution in [3.8, 4) is 11.1 Å². The van der Waals surface area contributed by atoms with Gasteiger partial charge in [-0.15, -0.1) is 0 Å². The van der Waals surface area contributed by atoms with Gasteiger partial charge < -0.3 is 0 Å². The number of aryl methyl sites for hydroxylation is 2. The molecule has 18 heavy (non-hydrogen) atoms. The highest BCUT2D eigenvalue weighted by Crippen LogP contribution is 2.37. The minimum Gasteiger partial charge on any atom is -0.289 e. The van der Waals surface area contributed by atoms with E-state index in [1.807, 2.05) is 12.1 Å². The third-order valence-corrected chi connectivity index (χ3v) is 3.76. The Morgan fingerprint density at radius 1 is 0.722 bits per heavy atom. The van der Waals surface area contributed by atoms with E-state index in [9.17, 15) is 4.79 Å². The molecular weight excluding hydrogens is 220 g/mol. The SMILES string of the molecule is CCc1ccc2c(c1)C(=O)c1cc(CC)ccc1-2. The average molecular weight is 236 g/mol. The zero-order chi connectivity index (χ0) is 12.7. The molecule has 1 aliphatic rings. The average Bonchev–Trinajstić information content (AvgIpc) is 2.71. The highest BCUT2D eigenvalue weighted by atomic mass is 16.1. The van der Waals surface area contributed by atoms with Crippen molar-refractivity contribution in [2.75, 3.05) is 0 Å². The Kier molecular flexibility index (Phi) is 2.55. The van der Waals surface area contributed by atoms with Crippen LogP contribution in [0.3, 0.4) is 0 Å². The number of carbonyl (C=O) groups excluding carboxylic acids is 1. The van der Waals surface area contributed by atoms with Gasteiger partial charge in [0.2, 0.25) is 0 Å². The van der Waals surface area contributed by atoms with Crippen molar-refractivity contribution in [2.24, 2.45) is 0 Å². The molecule has 1 heteroatoms. The van der Waals surface area contributed by atoms with Crippen molar-refractivity contribution in [1.82, 2.24) is 0 Å². The van der Waals surface area contributed by atoms with E-state index in [0.29, 0.717) is 0 Å². The lowest BCUT2D eigenvalue weighted by atomic mass is 10.0. The fourth-order valence-electron chi connectivity index (χ4n) is 2.61. The topological polar surface area (TPSA) is 17.1 Å². The summed E-state index contributed by atoms with van der Waals surface area (Å²) in [6.07, 6.45) is 1.94. The zero-order valence-corrected chi connectivity index (χ0v) is 10.8. The van der Waals surface area contributed by atoms with Crippen molar-refractivity contribution in [2.45, 2.75) is 26.7 Å². The molecule has 0 aliphatic heterocycles. The minimum absolute atomic E-state index is 0.186. The summed E-state index contributed by atoms with van der Waals surface area (Å²) in [6, 6.07) is 12.5. The van der Waals surface area contributed by atoms with Crippen LogP contribution in [0.2, 0.25) is 0 Å². The Hall–Kier alpha value is -1.89. The van der Waals surface area contributed by atoms with Crippen molar-refractivity contribution in [3.63, 3.8) is 0 Å². The molecule has 2 aromatic rings. The third-order valence-electron chi connectivity index (χ3n) is 3.76. The maximum absolute atomic E-state index is 12.4. The monoisotopic (exact) mass is 236 g/mol. The lowest BCUT2D eigenvalue weighted by Gasteiger charge is -2.02. The molecular formula is C17H16O. The molecule has 0 N–H and O–H groups in total. The van der Waals surface area contributed by atoms with E-state index in [1.54, 1.807) is 0 Å². The number of ketones is 1. The quantitative estimate of drug-likeness (QED) is 0.656. The van der Waals surface area contributed by atoms with Gasteiger partial charge in [0.1, 0.15) is 0 Å². The number of hydrogen-bond donors (Lipinski definition) is 0. The van der Waals surface area contributed by atoms with Crippen LogP contribution in [-0.2, 0) is 12.8 Å². The number of benzene rings is 2. The number of fused-ring (bicyclic) bond motifs is 3. The van der Waals surface area contributed by atoms with Gasteiger partial charge in [-0.1, -0.05) is 38.1 Å². The Morgan fingerprint density at radius 3 is 1.56 bits per heavy atom. The highest BCUT2D eigenvalue weighted by molar-refractivity contribution is 6.21. The molecule has 0 heterocycles. The second-order valence-electron chi connectivity index (χ2n) is 4.80. The van der Waals surface area contributed by atoms with Crippen LogP contribution in [-0.4, -0.2) is 5.78 Å². The molecule has 3 rings (SSSR count). The molecule has 0 radical (unpaired) electrons. The summed E-state index contributed by atoms with van der Waals surface area (Å²) in [4.78, 5) is 12.4. The van der Waals surface area contributed by atoms with Gasteiger partial charge >= 0.3 is 0 Å². The third kappa shape index (κ3) is 1.51. The van der Waals surface area contributed by atoms with Gasteiger partial charge in [0.15, 0.2) is 5.78 Å². The smallest absolute Gasteiger partial charge is 0.194 e. The Balaban J connectivity index is 2.21. The van der Waals surface area contributed by atoms with E-state index in [1.165, 1.54) is 11.1 Å². The zero-order valence-electron chi connectivity index (χ0n) is 10.8. The van der Waals surface area contributed by atoms with Crippen LogP contribution in [0.5, 0.6) is 0 Å². The lowest BCUT2D eigenvalue weighted by Crippen LogP contribution is -1.97. The summed E-state index contributed by atoms with van der Waals surface area (Å²) in [7, 11) is 0. The molecule has 0 saturated carbocycles. The van der Waals surface area contributed by atoms with Crippen LogP contribution < -0.4 is 0 Å². The summed E-state index contributed by atoms with van der Waals surface area (Å²) >= 11 is 0. The number of rotatable bonds is 2. The van der Waals surface area contributed by atoms with Gasteiger partial charge in [-0.25, -0.2) is 0 Å². The molecule has 0 aromatic heterocycles. The Labute approximate surface area is 107 Å². The fourth-order valence-corrected chi connectivity index (χ4v) is 2.61. The molecule has 0 spiro atoms. The van der Waals surface area contributed by atoms with E-state index in [4.69, 9.17) is 0 Å². The normalized spacial score (nSPS) is 12.4. The standard InChI is InChI=1S/C17H16O/c1-3-11-5-7-13-14-8-6-12(4-2)10-16(14)17(18)15(13)9-11/h5-10H,3-4H2,1-2H3. The van der Waals surface area contributed by atoms with Gasteiger partial charge in [0.25, 0.3) is 0 Å². The molecule has 0 saturated heterocycles. The fraction of sp³-hybridized carbons (Fsp3) is 0.235. The van der Waals surface area contributed by atoms with Crippen LogP contribution in [0.1, 0.15) is 40.9 Å². The Bertz CT molecular complexity index is 583. The predicted octanol–water partition coefficient (Wildman–Crippen LogP) is 4.02. The molecule has 0 atom stereocenters. The van der Waals surface area contributed by atoms with Crippen LogP contribution >= 0.6 is 0 Å². The van der Waals surface area contributed by atoms with E-state index in [-0.39, 0.29) is 5.78 Å². The van der Waals surface area contributed by atoms with Gasteiger partial charge in [-0.05, 0) is 47.2 Å². The van der Waals surface area contributed by atoms with E-state index >= 15 is 0 Å². The lowest BCUT2D eigenvalue weighted by molar-refractivity contribution is 0.104. The highest BCUT2D eigenvalue weighted by Gasteiger charge is 2.26. The van der Waals surface area contributed by atoms with Gasteiger partial charge in [-0.2, -0.15) is 0 Å². The van der Waals surface area contributed by atoms with Crippen LogP contribution in [0.15, 0.2) is 36.4 Å². The molecule has 2 aromatic carbocycles. The number of carbonyl (C=O) groups is 1. The van der Waals surface area contributed by atoms with Crippen molar-refractivity contribution >= 4 is 5.78 Å². The summed E-state index contributed by atoms with van der Waals surface area (Å²) in [5.74, 6) is 0.186. The van der Waals surface area contributed by atoms with E-state index in [0.717, 1.165) is 35.1 Å². The second-order valence-corrected chi connectivity index (χ2v) is 4.80. The molecule has 0 bridgehead atoms. The summed E-state index contributed by atoms with van der Waals surface area (Å²) < 4.78 is 0. The van der Waals surface area contributed by atoms with Gasteiger partial charge in [0.05, 0.1) is 0 Å². The summed E-state index contributed by atoms with van der Waals surface area (Å²) in [5, 5.41) is 0. The van der Waals surface area contributed by atoms with Crippen molar-refractivity contribution < 1.29 is 4.79 Å². The molecule has 90 valence electrons. The van der Waals surface area contributed by atoms with Crippen LogP contribution in [0.4, 0.5) is 0 Å². The first-order valence-corrected chi connectivity index (χ1v) is 6.55. The van der Waals surface area contributed by atoms with Gasteiger partial charge in [0, 0.05) is 11.1 Å². The number of hydrogen-bond acceptors (Lipinski definition) is 1. The largest absolute Gasteiger partial charge is 0.289 e. The van der Waals surface area contributed by atoms with E-state index in [2.05, 4.69) is 38.1 Å². The molecule has 0 fully saturated rings. The molecule has 1 aliphatic carbocycles. The first kappa shape index (κ1) is 11.2. The molecule has 0 unspecified atom stereocenters. The Morgan fingerprint density at radius 2 is 1.17 bits per heavy atom.